The Morgan fingerprint density at radius 3 is 2.63 bits per heavy atom. The number of hydrogen-bond acceptors (Lipinski definition) is 7. The Kier molecular flexibility index (Phi) is 21.6. The van der Waals surface area contributed by atoms with Gasteiger partial charge in [-0.25, -0.2) is 0 Å². The third-order valence-corrected chi connectivity index (χ3v) is 6.77. The summed E-state index contributed by atoms with van der Waals surface area (Å²) in [6.45, 7) is 17.1. The Morgan fingerprint density at radius 1 is 1.24 bits per heavy atom. The van der Waals surface area contributed by atoms with E-state index >= 15 is 0 Å². The van der Waals surface area contributed by atoms with E-state index in [-0.39, 0.29) is 6.04 Å². The van der Waals surface area contributed by atoms with Crippen LogP contribution in [0.1, 0.15) is 41.5 Å². The molecule has 1 aliphatic heterocycles. The van der Waals surface area contributed by atoms with E-state index in [2.05, 4.69) is 103 Å². The number of ether oxygens (including phenoxy) is 1. The Bertz CT molecular complexity index is 900. The fourth-order valence-electron chi connectivity index (χ4n) is 3.05. The lowest BCUT2D eigenvalue weighted by atomic mass is 10.1. The average Bonchev–Trinajstić information content (AvgIpc) is 2.92. The molecule has 212 valence electrons. The van der Waals surface area contributed by atoms with Crippen molar-refractivity contribution in [3.63, 3.8) is 0 Å². The average molecular weight is 544 g/mol. The van der Waals surface area contributed by atoms with E-state index in [1.54, 1.807) is 18.0 Å². The second-order valence-corrected chi connectivity index (χ2v) is 9.70. The summed E-state index contributed by atoms with van der Waals surface area (Å²) < 4.78 is 5.70. The molecule has 0 saturated carbocycles. The number of rotatable bonds is 14. The molecular formula is C30H49N5O2S. The van der Waals surface area contributed by atoms with Crippen LogP contribution >= 0.6 is 11.8 Å². The molecule has 0 spiro atoms. The molecule has 1 aliphatic rings. The fraction of sp³-hybridized carbons (Fsp3) is 0.467. The molecule has 1 heterocycles. The van der Waals surface area contributed by atoms with Gasteiger partial charge in [0.05, 0.1) is 6.04 Å². The number of morpholine rings is 1. The van der Waals surface area contributed by atoms with Crippen LogP contribution in [-0.2, 0) is 9.53 Å². The van der Waals surface area contributed by atoms with Crippen molar-refractivity contribution in [2.75, 3.05) is 46.9 Å². The number of nitrogens with one attached hydrogen (secondary N) is 2. The van der Waals surface area contributed by atoms with Crippen LogP contribution in [0.2, 0.25) is 0 Å². The van der Waals surface area contributed by atoms with E-state index in [1.165, 1.54) is 22.2 Å². The van der Waals surface area contributed by atoms with Crippen molar-refractivity contribution >= 4 is 24.4 Å². The normalized spacial score (nSPS) is 18.9. The number of allylic oxidation sites excluding steroid dienone is 9. The SMILES string of the molecule is C/C=C(/C)SC(=C\C)/C=C/C=CC1/C(=C\C)OCCN1C.CCNCCN(C)/C(C)=C/C=N/C=C/NC=O. The summed E-state index contributed by atoms with van der Waals surface area (Å²) in [7, 11) is 4.17. The van der Waals surface area contributed by atoms with E-state index in [4.69, 9.17) is 4.74 Å². The van der Waals surface area contributed by atoms with Gasteiger partial charge in [-0.1, -0.05) is 49.1 Å². The largest absolute Gasteiger partial charge is 0.495 e. The van der Waals surface area contributed by atoms with Crippen LogP contribution in [0, 0.1) is 0 Å². The van der Waals surface area contributed by atoms with Gasteiger partial charge in [0.15, 0.2) is 0 Å². The molecule has 8 heteroatoms. The molecule has 38 heavy (non-hydrogen) atoms. The molecule has 0 aromatic heterocycles. The van der Waals surface area contributed by atoms with E-state index in [0.717, 1.165) is 44.2 Å². The maximum absolute atomic E-state index is 9.92. The first-order chi connectivity index (χ1) is 18.3. The molecule has 1 unspecified atom stereocenters. The summed E-state index contributed by atoms with van der Waals surface area (Å²) in [4.78, 5) is 20.9. The lowest BCUT2D eigenvalue weighted by molar-refractivity contribution is -0.108. The Balaban J connectivity index is 0.000000739. The zero-order valence-electron chi connectivity index (χ0n) is 24.6. The van der Waals surface area contributed by atoms with Crippen LogP contribution in [0.15, 0.2) is 87.3 Å². The molecular weight excluding hydrogens is 494 g/mol. The molecule has 2 N–H and O–H groups in total. The molecule has 1 fully saturated rings. The number of hydrogen-bond donors (Lipinski definition) is 2. The van der Waals surface area contributed by atoms with Gasteiger partial charge < -0.3 is 20.3 Å². The van der Waals surface area contributed by atoms with E-state index < -0.39 is 0 Å². The second-order valence-electron chi connectivity index (χ2n) is 8.38. The minimum Gasteiger partial charge on any atom is -0.495 e. The molecule has 1 amide bonds. The minimum absolute atomic E-state index is 0.243. The van der Waals surface area contributed by atoms with Gasteiger partial charge in [-0.15, -0.1) is 0 Å². The van der Waals surface area contributed by atoms with Crippen LogP contribution in [0.25, 0.3) is 0 Å². The Morgan fingerprint density at radius 2 is 2.00 bits per heavy atom. The summed E-state index contributed by atoms with van der Waals surface area (Å²) in [6, 6.07) is 0.243. The van der Waals surface area contributed by atoms with Gasteiger partial charge in [0.1, 0.15) is 12.4 Å². The quantitative estimate of drug-likeness (QED) is 0.128. The standard InChI is InChI=1S/C18H27NOS.C12H22N4O/c1-6-15(4)21-16(7-2)11-9-10-12-17-18(8-3)20-14-13-19(17)5;1-4-13-9-10-16(3)12(2)5-6-14-7-8-15-11-17/h6-12,17H,13-14H2,1-5H3;5-8,11,13H,4,9-10H2,1-3H3,(H,15,17)/b11-9+,12-10?,15-6-,16-7-,18-8+;8-7+,12-5+,14-6+. The molecule has 1 rings (SSSR count). The van der Waals surface area contributed by atoms with Crippen molar-refractivity contribution in [3.8, 4) is 0 Å². The number of likely N-dealkylation sites (N-methyl/N-ethyl adjacent to an activating group) is 3. The van der Waals surface area contributed by atoms with Gasteiger partial charge >= 0.3 is 0 Å². The number of thioether (sulfide) groups is 1. The highest BCUT2D eigenvalue weighted by Crippen LogP contribution is 2.25. The molecule has 0 bridgehead atoms. The molecule has 7 nitrogen and oxygen atoms in total. The summed E-state index contributed by atoms with van der Waals surface area (Å²) >= 11 is 1.79. The van der Waals surface area contributed by atoms with E-state index in [1.807, 2.05) is 27.0 Å². The minimum atomic E-state index is 0.243. The van der Waals surface area contributed by atoms with Crippen molar-refractivity contribution in [1.29, 1.82) is 0 Å². The summed E-state index contributed by atoms with van der Waals surface area (Å²) in [5.74, 6) is 1.04. The Labute approximate surface area is 235 Å². The first-order valence-corrected chi connectivity index (χ1v) is 13.9. The maximum atomic E-state index is 9.92. The molecule has 0 aromatic rings. The highest BCUT2D eigenvalue weighted by Gasteiger charge is 2.21. The molecule has 1 saturated heterocycles. The van der Waals surface area contributed by atoms with Crippen LogP contribution < -0.4 is 10.6 Å². The first kappa shape index (κ1) is 35.2. The zero-order valence-corrected chi connectivity index (χ0v) is 25.4. The zero-order chi connectivity index (χ0) is 28.6. The second kappa shape index (κ2) is 23.3. The number of nitrogens with zero attached hydrogens (tertiary/aromatic N) is 3. The number of amides is 1. The monoisotopic (exact) mass is 543 g/mol. The van der Waals surface area contributed by atoms with Gasteiger partial charge in [-0.2, -0.15) is 0 Å². The highest BCUT2D eigenvalue weighted by molar-refractivity contribution is 8.06. The predicted molar refractivity (Wildman–Crippen MR) is 167 cm³/mol. The number of carbonyl (C=O) groups is 1. The first-order valence-electron chi connectivity index (χ1n) is 13.1. The number of carbonyl (C=O) groups excluding carboxylic acids is 1. The van der Waals surface area contributed by atoms with E-state index in [0.29, 0.717) is 6.41 Å². The fourth-order valence-corrected chi connectivity index (χ4v) is 3.81. The van der Waals surface area contributed by atoms with Gasteiger partial charge in [-0.3, -0.25) is 14.7 Å². The van der Waals surface area contributed by atoms with Crippen LogP contribution in [0.5, 0.6) is 0 Å². The lowest BCUT2D eigenvalue weighted by Crippen LogP contribution is -2.39. The maximum Gasteiger partial charge on any atom is 0.211 e. The van der Waals surface area contributed by atoms with Gasteiger partial charge in [0.25, 0.3) is 0 Å². The summed E-state index contributed by atoms with van der Waals surface area (Å²) in [5.41, 5.74) is 1.14. The topological polar surface area (TPSA) is 69.2 Å². The summed E-state index contributed by atoms with van der Waals surface area (Å²) in [6.07, 6.45) is 22.1. The molecule has 0 aromatic carbocycles. The molecule has 0 radical (unpaired) electrons. The Hall–Kier alpha value is -2.81. The molecule has 1 atom stereocenters. The number of aliphatic imine (C=N–C) groups is 1. The highest BCUT2D eigenvalue weighted by atomic mass is 32.2. The van der Waals surface area contributed by atoms with Crippen molar-refractivity contribution in [3.05, 3.63) is 82.3 Å². The smallest absolute Gasteiger partial charge is 0.211 e. The van der Waals surface area contributed by atoms with Gasteiger partial charge in [-0.05, 0) is 71.3 Å². The van der Waals surface area contributed by atoms with Crippen LogP contribution in [0.3, 0.4) is 0 Å². The van der Waals surface area contributed by atoms with Crippen LogP contribution in [0.4, 0.5) is 0 Å². The third-order valence-electron chi connectivity index (χ3n) is 5.60. The van der Waals surface area contributed by atoms with Gasteiger partial charge in [0.2, 0.25) is 6.41 Å². The van der Waals surface area contributed by atoms with Crippen molar-refractivity contribution < 1.29 is 9.53 Å². The summed E-state index contributed by atoms with van der Waals surface area (Å²) in [5, 5.41) is 5.65. The van der Waals surface area contributed by atoms with Gasteiger partial charge in [0, 0.05) is 55.9 Å². The predicted octanol–water partition coefficient (Wildman–Crippen LogP) is 5.61. The third kappa shape index (κ3) is 16.8. The molecule has 0 aliphatic carbocycles. The van der Waals surface area contributed by atoms with Crippen molar-refractivity contribution in [1.82, 2.24) is 20.4 Å². The van der Waals surface area contributed by atoms with Crippen molar-refractivity contribution in [2.24, 2.45) is 4.99 Å². The van der Waals surface area contributed by atoms with E-state index in [9.17, 15) is 4.79 Å². The lowest BCUT2D eigenvalue weighted by Gasteiger charge is -2.32. The van der Waals surface area contributed by atoms with Crippen LogP contribution in [-0.4, -0.2) is 75.3 Å². The van der Waals surface area contributed by atoms with Crippen molar-refractivity contribution in [2.45, 2.75) is 47.6 Å².